The zero-order chi connectivity index (χ0) is 18.8. The first-order valence-electron chi connectivity index (χ1n) is 9.74. The van der Waals surface area contributed by atoms with E-state index in [1.165, 1.54) is 7.11 Å². The lowest BCUT2D eigenvalue weighted by molar-refractivity contribution is -0.162. The van der Waals surface area contributed by atoms with Crippen molar-refractivity contribution in [3.8, 4) is 0 Å². The number of rotatable bonds is 5. The van der Waals surface area contributed by atoms with Crippen LogP contribution >= 0.6 is 0 Å². The van der Waals surface area contributed by atoms with Gasteiger partial charge in [0, 0.05) is 12.1 Å². The van der Waals surface area contributed by atoms with E-state index in [1.807, 2.05) is 36.4 Å². The van der Waals surface area contributed by atoms with Crippen LogP contribution in [0.4, 0.5) is 0 Å². The van der Waals surface area contributed by atoms with E-state index in [0.29, 0.717) is 6.04 Å². The number of hydrogen-bond donors (Lipinski definition) is 0. The van der Waals surface area contributed by atoms with Crippen LogP contribution in [0.15, 0.2) is 60.7 Å². The number of esters is 1. The number of hydrogen-bond acceptors (Lipinski definition) is 4. The lowest BCUT2D eigenvalue weighted by atomic mass is 9.87. The quantitative estimate of drug-likeness (QED) is 0.755. The Balaban J connectivity index is 1.66. The maximum absolute atomic E-state index is 12.6. The molecule has 142 valence electrons. The minimum atomic E-state index is -0.242. The molecule has 2 aromatic rings. The summed E-state index contributed by atoms with van der Waals surface area (Å²) >= 11 is 0. The van der Waals surface area contributed by atoms with Crippen LogP contribution in [0, 0.1) is 5.92 Å². The summed E-state index contributed by atoms with van der Waals surface area (Å²) in [7, 11) is 3.60. The van der Waals surface area contributed by atoms with Crippen molar-refractivity contribution < 1.29 is 14.3 Å². The van der Waals surface area contributed by atoms with E-state index < -0.39 is 0 Å². The summed E-state index contributed by atoms with van der Waals surface area (Å²) in [5, 5.41) is 0. The van der Waals surface area contributed by atoms with Crippen molar-refractivity contribution in [3.05, 3.63) is 71.8 Å². The normalized spacial score (nSPS) is 27.7. The smallest absolute Gasteiger partial charge is 0.312 e. The largest absolute Gasteiger partial charge is 0.469 e. The van der Waals surface area contributed by atoms with Gasteiger partial charge in [-0.1, -0.05) is 60.7 Å². The van der Waals surface area contributed by atoms with Crippen LogP contribution in [-0.2, 0) is 14.3 Å². The summed E-state index contributed by atoms with van der Waals surface area (Å²) in [6.45, 7) is 0. The van der Waals surface area contributed by atoms with E-state index in [9.17, 15) is 4.79 Å². The van der Waals surface area contributed by atoms with E-state index in [2.05, 4.69) is 36.2 Å². The summed E-state index contributed by atoms with van der Waals surface area (Å²) in [4.78, 5) is 15.0. The molecular weight excluding hydrogens is 338 g/mol. The first kappa shape index (κ1) is 18.2. The number of carbonyl (C=O) groups excluding carboxylic acids is 1. The van der Waals surface area contributed by atoms with Crippen LogP contribution in [-0.4, -0.2) is 43.2 Å². The Morgan fingerprint density at radius 3 is 2.15 bits per heavy atom. The monoisotopic (exact) mass is 365 g/mol. The Morgan fingerprint density at radius 1 is 1.00 bits per heavy atom. The maximum Gasteiger partial charge on any atom is 0.312 e. The molecule has 2 aliphatic heterocycles. The summed E-state index contributed by atoms with van der Waals surface area (Å²) in [6, 6.07) is 21.2. The summed E-state index contributed by atoms with van der Waals surface area (Å²) in [6.07, 6.45) is 2.69. The Kier molecular flexibility index (Phi) is 5.28. The van der Waals surface area contributed by atoms with Crippen molar-refractivity contribution in [2.24, 2.45) is 5.92 Å². The van der Waals surface area contributed by atoms with Crippen molar-refractivity contribution in [1.29, 1.82) is 0 Å². The molecule has 2 saturated heterocycles. The highest BCUT2D eigenvalue weighted by Crippen LogP contribution is 2.42. The number of piperidine rings is 1. The van der Waals surface area contributed by atoms with Gasteiger partial charge in [0.25, 0.3) is 0 Å². The second-order valence-electron chi connectivity index (χ2n) is 7.62. The van der Waals surface area contributed by atoms with Crippen molar-refractivity contribution in [2.45, 2.75) is 43.6 Å². The Bertz CT molecular complexity index is 724. The zero-order valence-electron chi connectivity index (χ0n) is 16.0. The van der Waals surface area contributed by atoms with Gasteiger partial charge in [0.1, 0.15) is 6.10 Å². The molecule has 2 heterocycles. The minimum absolute atomic E-state index is 0.142. The number of methoxy groups -OCH3 is 1. The predicted octanol–water partition coefficient (Wildman–Crippen LogP) is 3.82. The number of carbonyl (C=O) groups is 1. The van der Waals surface area contributed by atoms with Crippen LogP contribution in [0.1, 0.15) is 36.5 Å². The third-order valence-electron chi connectivity index (χ3n) is 6.20. The Labute approximate surface area is 161 Å². The topological polar surface area (TPSA) is 38.8 Å². The standard InChI is InChI=1S/C23H27NO3/c1-24-18-13-14-19(24)21(23(25)26-2)20(15-18)27-22(16-9-5-3-6-10-16)17-11-7-4-8-12-17/h3-12,18-22H,13-15H2,1-2H3. The van der Waals surface area contributed by atoms with Crippen molar-refractivity contribution >= 4 is 5.97 Å². The van der Waals surface area contributed by atoms with Gasteiger partial charge in [-0.2, -0.15) is 0 Å². The molecule has 0 saturated carbocycles. The zero-order valence-corrected chi connectivity index (χ0v) is 16.0. The molecule has 0 spiro atoms. The Morgan fingerprint density at radius 2 is 1.59 bits per heavy atom. The van der Waals surface area contributed by atoms with Crippen LogP contribution in [0.2, 0.25) is 0 Å². The fraction of sp³-hybridized carbons (Fsp3) is 0.435. The molecule has 0 aliphatic carbocycles. The molecule has 4 rings (SSSR count). The van der Waals surface area contributed by atoms with Gasteiger partial charge < -0.3 is 9.47 Å². The van der Waals surface area contributed by atoms with Gasteiger partial charge in [-0.3, -0.25) is 9.69 Å². The van der Waals surface area contributed by atoms with Crippen LogP contribution in [0.5, 0.6) is 0 Å². The number of ether oxygens (including phenoxy) is 2. The van der Waals surface area contributed by atoms with Crippen LogP contribution < -0.4 is 0 Å². The lowest BCUT2D eigenvalue weighted by Crippen LogP contribution is -2.53. The molecule has 4 nitrogen and oxygen atoms in total. The van der Waals surface area contributed by atoms with Crippen molar-refractivity contribution in [1.82, 2.24) is 4.90 Å². The molecule has 27 heavy (non-hydrogen) atoms. The molecule has 2 aliphatic rings. The van der Waals surface area contributed by atoms with Gasteiger partial charge in [0.15, 0.2) is 0 Å². The highest BCUT2D eigenvalue weighted by Gasteiger charge is 2.50. The number of benzene rings is 2. The molecule has 0 N–H and O–H groups in total. The predicted molar refractivity (Wildman–Crippen MR) is 104 cm³/mol. The van der Waals surface area contributed by atoms with Gasteiger partial charge in [-0.15, -0.1) is 0 Å². The number of nitrogens with zero attached hydrogens (tertiary/aromatic N) is 1. The van der Waals surface area contributed by atoms with Gasteiger partial charge in [-0.25, -0.2) is 0 Å². The van der Waals surface area contributed by atoms with Crippen molar-refractivity contribution in [2.75, 3.05) is 14.2 Å². The van der Waals surface area contributed by atoms with Gasteiger partial charge in [0.2, 0.25) is 0 Å². The first-order valence-corrected chi connectivity index (χ1v) is 9.74. The molecule has 2 aromatic carbocycles. The summed E-state index contributed by atoms with van der Waals surface area (Å²) < 4.78 is 11.9. The molecule has 0 radical (unpaired) electrons. The molecule has 0 aromatic heterocycles. The average Bonchev–Trinajstić information content (AvgIpc) is 2.96. The molecule has 4 atom stereocenters. The third kappa shape index (κ3) is 3.52. The van der Waals surface area contributed by atoms with Gasteiger partial charge in [0.05, 0.1) is 19.1 Å². The highest BCUT2D eigenvalue weighted by molar-refractivity contribution is 5.74. The van der Waals surface area contributed by atoms with Gasteiger partial charge >= 0.3 is 5.97 Å². The van der Waals surface area contributed by atoms with E-state index >= 15 is 0 Å². The first-order chi connectivity index (χ1) is 13.2. The maximum atomic E-state index is 12.6. The fourth-order valence-corrected chi connectivity index (χ4v) is 4.79. The molecule has 2 bridgehead atoms. The summed E-state index contributed by atoms with van der Waals surface area (Å²) in [5.41, 5.74) is 2.22. The molecule has 2 fully saturated rings. The van der Waals surface area contributed by atoms with E-state index in [0.717, 1.165) is 30.4 Å². The van der Waals surface area contributed by atoms with E-state index in [1.54, 1.807) is 0 Å². The molecule has 0 amide bonds. The van der Waals surface area contributed by atoms with Crippen LogP contribution in [0.3, 0.4) is 0 Å². The summed E-state index contributed by atoms with van der Waals surface area (Å²) in [5.74, 6) is -0.397. The highest BCUT2D eigenvalue weighted by atomic mass is 16.5. The third-order valence-corrected chi connectivity index (χ3v) is 6.20. The van der Waals surface area contributed by atoms with E-state index in [-0.39, 0.29) is 30.1 Å². The molecule has 4 heteroatoms. The van der Waals surface area contributed by atoms with Gasteiger partial charge in [-0.05, 0) is 37.4 Å². The fourth-order valence-electron chi connectivity index (χ4n) is 4.79. The second kappa shape index (κ2) is 7.83. The lowest BCUT2D eigenvalue weighted by Gasteiger charge is -2.42. The molecular formula is C23H27NO3. The average molecular weight is 365 g/mol. The minimum Gasteiger partial charge on any atom is -0.469 e. The molecule has 4 unspecified atom stereocenters. The SMILES string of the molecule is COC(=O)C1C(OC(c2ccccc2)c2ccccc2)CC2CCC1N2C. The number of fused-ring (bicyclic) bond motifs is 2. The van der Waals surface area contributed by atoms with E-state index in [4.69, 9.17) is 9.47 Å². The van der Waals surface area contributed by atoms with Crippen LogP contribution in [0.25, 0.3) is 0 Å². The van der Waals surface area contributed by atoms with Crippen molar-refractivity contribution in [3.63, 3.8) is 0 Å². The Hall–Kier alpha value is -2.17. The second-order valence-corrected chi connectivity index (χ2v) is 7.62.